The molecule has 1 amide bonds. The van der Waals surface area contributed by atoms with Gasteiger partial charge in [-0.2, -0.15) is 0 Å². The predicted molar refractivity (Wildman–Crippen MR) is 63.7 cm³/mol. The molecule has 0 unspecified atom stereocenters. The van der Waals surface area contributed by atoms with Gasteiger partial charge in [-0.05, 0) is 6.42 Å². The van der Waals surface area contributed by atoms with Crippen LogP contribution in [0.2, 0.25) is 0 Å². The van der Waals surface area contributed by atoms with E-state index in [-0.39, 0.29) is 5.91 Å². The molecule has 0 bridgehead atoms. The summed E-state index contributed by atoms with van der Waals surface area (Å²) in [4.78, 5) is 11.5. The van der Waals surface area contributed by atoms with E-state index >= 15 is 0 Å². The van der Waals surface area contributed by atoms with Crippen molar-refractivity contribution in [2.45, 2.75) is 38.2 Å². The van der Waals surface area contributed by atoms with Crippen molar-refractivity contribution < 1.29 is 19.4 Å². The first-order chi connectivity index (χ1) is 8.16. The molecule has 100 valence electrons. The highest BCUT2D eigenvalue weighted by atomic mass is 16.5. The van der Waals surface area contributed by atoms with Gasteiger partial charge in [0.1, 0.15) is 0 Å². The van der Waals surface area contributed by atoms with E-state index in [2.05, 4.69) is 5.32 Å². The maximum Gasteiger partial charge on any atom is 0.222 e. The molecule has 0 spiro atoms. The first kappa shape index (κ1) is 14.4. The molecule has 0 saturated carbocycles. The van der Waals surface area contributed by atoms with Crippen LogP contribution in [0.1, 0.15) is 32.6 Å². The lowest BCUT2D eigenvalue weighted by molar-refractivity contribution is -0.125. The van der Waals surface area contributed by atoms with Crippen molar-refractivity contribution in [1.82, 2.24) is 5.32 Å². The first-order valence-corrected chi connectivity index (χ1v) is 6.31. The Morgan fingerprint density at radius 3 is 2.76 bits per heavy atom. The summed E-state index contributed by atoms with van der Waals surface area (Å²) < 4.78 is 10.4. The summed E-state index contributed by atoms with van der Waals surface area (Å²) in [5, 5.41) is 12.8. The fourth-order valence-electron chi connectivity index (χ4n) is 1.69. The second-order valence-corrected chi connectivity index (χ2v) is 4.48. The Hall–Kier alpha value is -0.650. The summed E-state index contributed by atoms with van der Waals surface area (Å²) in [6.07, 6.45) is 2.48. The topological polar surface area (TPSA) is 67.8 Å². The van der Waals surface area contributed by atoms with Gasteiger partial charge >= 0.3 is 0 Å². The summed E-state index contributed by atoms with van der Waals surface area (Å²) >= 11 is 0. The number of rotatable bonds is 7. The quantitative estimate of drug-likeness (QED) is 0.639. The molecule has 0 radical (unpaired) electrons. The van der Waals surface area contributed by atoms with E-state index in [1.54, 1.807) is 0 Å². The first-order valence-electron chi connectivity index (χ1n) is 6.31. The highest BCUT2D eigenvalue weighted by Gasteiger charge is 2.29. The maximum absolute atomic E-state index is 11.5. The Morgan fingerprint density at radius 2 is 2.12 bits per heavy atom. The molecule has 0 aromatic rings. The SMILES string of the molecule is CCCOCCC(=O)NCC1(O)CCOCC1. The summed E-state index contributed by atoms with van der Waals surface area (Å²) in [6.45, 7) is 4.59. The number of carbonyl (C=O) groups excluding carboxylic acids is 1. The minimum atomic E-state index is -0.793. The second kappa shape index (κ2) is 7.63. The van der Waals surface area contributed by atoms with Crippen LogP contribution in [0.4, 0.5) is 0 Å². The molecule has 5 heteroatoms. The number of carbonyl (C=O) groups is 1. The number of hydrogen-bond donors (Lipinski definition) is 2. The van der Waals surface area contributed by atoms with E-state index < -0.39 is 5.60 Å². The minimum Gasteiger partial charge on any atom is -0.388 e. The molecule has 0 aromatic heterocycles. The van der Waals surface area contributed by atoms with E-state index in [0.29, 0.717) is 52.2 Å². The smallest absolute Gasteiger partial charge is 0.222 e. The fourth-order valence-corrected chi connectivity index (χ4v) is 1.69. The van der Waals surface area contributed by atoms with Gasteiger partial charge in [0.15, 0.2) is 0 Å². The monoisotopic (exact) mass is 245 g/mol. The molecule has 1 fully saturated rings. The predicted octanol–water partition coefficient (Wildman–Crippen LogP) is 0.461. The zero-order valence-electron chi connectivity index (χ0n) is 10.5. The van der Waals surface area contributed by atoms with Crippen LogP contribution in [-0.2, 0) is 14.3 Å². The summed E-state index contributed by atoms with van der Waals surface area (Å²) in [7, 11) is 0. The van der Waals surface area contributed by atoms with Crippen LogP contribution in [0.25, 0.3) is 0 Å². The van der Waals surface area contributed by atoms with Gasteiger partial charge in [0.05, 0.1) is 12.2 Å². The molecule has 1 saturated heterocycles. The fraction of sp³-hybridized carbons (Fsp3) is 0.917. The highest BCUT2D eigenvalue weighted by molar-refractivity contribution is 5.76. The lowest BCUT2D eigenvalue weighted by Gasteiger charge is -2.32. The van der Waals surface area contributed by atoms with Crippen molar-refractivity contribution in [3.63, 3.8) is 0 Å². The average molecular weight is 245 g/mol. The van der Waals surface area contributed by atoms with Crippen molar-refractivity contribution >= 4 is 5.91 Å². The van der Waals surface area contributed by atoms with Crippen LogP contribution < -0.4 is 5.32 Å². The Labute approximate surface area is 102 Å². The minimum absolute atomic E-state index is 0.0685. The van der Waals surface area contributed by atoms with Crippen LogP contribution in [0.5, 0.6) is 0 Å². The lowest BCUT2D eigenvalue weighted by Crippen LogP contribution is -2.46. The van der Waals surface area contributed by atoms with Crippen molar-refractivity contribution in [1.29, 1.82) is 0 Å². The number of ether oxygens (including phenoxy) is 2. The summed E-state index contributed by atoms with van der Waals surface area (Å²) in [5.74, 6) is -0.0685. The average Bonchev–Trinajstić information content (AvgIpc) is 2.33. The second-order valence-electron chi connectivity index (χ2n) is 4.48. The zero-order chi connectivity index (χ0) is 12.6. The van der Waals surface area contributed by atoms with Gasteiger partial charge in [-0.3, -0.25) is 4.79 Å². The number of aliphatic hydroxyl groups is 1. The Balaban J connectivity index is 2.10. The van der Waals surface area contributed by atoms with Crippen LogP contribution in [0.15, 0.2) is 0 Å². The van der Waals surface area contributed by atoms with Crippen LogP contribution >= 0.6 is 0 Å². The third-order valence-electron chi connectivity index (χ3n) is 2.86. The van der Waals surface area contributed by atoms with Crippen molar-refractivity contribution in [2.75, 3.05) is 33.0 Å². The van der Waals surface area contributed by atoms with Gasteiger partial charge in [-0.25, -0.2) is 0 Å². The third kappa shape index (κ3) is 6.00. The Bertz CT molecular complexity index is 227. The van der Waals surface area contributed by atoms with Gasteiger partial charge in [0.25, 0.3) is 0 Å². The van der Waals surface area contributed by atoms with Gasteiger partial charge < -0.3 is 19.9 Å². The molecule has 0 aromatic carbocycles. The van der Waals surface area contributed by atoms with Gasteiger partial charge in [-0.15, -0.1) is 0 Å². The van der Waals surface area contributed by atoms with Crippen LogP contribution in [-0.4, -0.2) is 49.6 Å². The molecular formula is C12H23NO4. The van der Waals surface area contributed by atoms with Crippen molar-refractivity contribution in [3.8, 4) is 0 Å². The van der Waals surface area contributed by atoms with E-state index in [9.17, 15) is 9.90 Å². The Kier molecular flexibility index (Phi) is 6.47. The molecule has 5 nitrogen and oxygen atoms in total. The molecular weight excluding hydrogens is 222 g/mol. The normalized spacial score (nSPS) is 18.9. The third-order valence-corrected chi connectivity index (χ3v) is 2.86. The van der Waals surface area contributed by atoms with E-state index in [4.69, 9.17) is 9.47 Å². The molecule has 0 aliphatic carbocycles. The maximum atomic E-state index is 11.5. The standard InChI is InChI=1S/C12H23NO4/c1-2-6-16-7-3-11(14)13-10-12(15)4-8-17-9-5-12/h15H,2-10H2,1H3,(H,13,14). The van der Waals surface area contributed by atoms with Gasteiger partial charge in [0.2, 0.25) is 5.91 Å². The van der Waals surface area contributed by atoms with E-state index in [1.165, 1.54) is 0 Å². The number of nitrogens with one attached hydrogen (secondary N) is 1. The molecule has 2 N–H and O–H groups in total. The molecule has 1 aliphatic heterocycles. The van der Waals surface area contributed by atoms with Crippen molar-refractivity contribution in [2.24, 2.45) is 0 Å². The lowest BCUT2D eigenvalue weighted by atomic mass is 9.94. The van der Waals surface area contributed by atoms with Crippen LogP contribution in [0, 0.1) is 0 Å². The van der Waals surface area contributed by atoms with Crippen LogP contribution in [0.3, 0.4) is 0 Å². The van der Waals surface area contributed by atoms with Gasteiger partial charge in [0, 0.05) is 45.6 Å². The van der Waals surface area contributed by atoms with Gasteiger partial charge in [-0.1, -0.05) is 6.92 Å². The Morgan fingerprint density at radius 1 is 1.41 bits per heavy atom. The molecule has 0 atom stereocenters. The molecule has 1 heterocycles. The molecule has 1 rings (SSSR count). The highest BCUT2D eigenvalue weighted by Crippen LogP contribution is 2.19. The largest absolute Gasteiger partial charge is 0.388 e. The number of amides is 1. The summed E-state index contributed by atoms with van der Waals surface area (Å²) in [5.41, 5.74) is -0.793. The van der Waals surface area contributed by atoms with E-state index in [1.807, 2.05) is 6.92 Å². The summed E-state index contributed by atoms with van der Waals surface area (Å²) in [6, 6.07) is 0. The zero-order valence-corrected chi connectivity index (χ0v) is 10.5. The molecule has 1 aliphatic rings. The number of hydrogen-bond acceptors (Lipinski definition) is 4. The van der Waals surface area contributed by atoms with E-state index in [0.717, 1.165) is 6.42 Å². The van der Waals surface area contributed by atoms with Crippen molar-refractivity contribution in [3.05, 3.63) is 0 Å². The molecule has 17 heavy (non-hydrogen) atoms.